The number of carbonyl (C=O) groups is 1. The maximum absolute atomic E-state index is 13.0. The van der Waals surface area contributed by atoms with E-state index in [-0.39, 0.29) is 23.6 Å². The summed E-state index contributed by atoms with van der Waals surface area (Å²) in [5, 5.41) is 10.1. The molecule has 6 heterocycles. The van der Waals surface area contributed by atoms with E-state index in [1.807, 2.05) is 31.2 Å². The number of fused-ring (bicyclic) bond motifs is 7. The highest BCUT2D eigenvalue weighted by Crippen LogP contribution is 2.44. The number of benzene rings is 2. The zero-order valence-electron chi connectivity index (χ0n) is 30.3. The van der Waals surface area contributed by atoms with Crippen molar-refractivity contribution in [1.82, 2.24) is 29.1 Å². The van der Waals surface area contributed by atoms with Crippen molar-refractivity contribution in [3.8, 4) is 11.1 Å². The van der Waals surface area contributed by atoms with Crippen LogP contribution >= 0.6 is 31.9 Å². The number of aliphatic hydroxyl groups is 1. The van der Waals surface area contributed by atoms with Crippen LogP contribution in [-0.2, 0) is 35.4 Å². The molecule has 2 aromatic carbocycles. The van der Waals surface area contributed by atoms with Crippen LogP contribution in [0.1, 0.15) is 68.2 Å². The second kappa shape index (κ2) is 14.7. The van der Waals surface area contributed by atoms with Crippen LogP contribution in [0.25, 0.3) is 33.2 Å². The third-order valence-electron chi connectivity index (χ3n) is 10.8. The summed E-state index contributed by atoms with van der Waals surface area (Å²) < 4.78 is 16.4. The summed E-state index contributed by atoms with van der Waals surface area (Å²) in [7, 11) is 0. The van der Waals surface area contributed by atoms with Gasteiger partial charge in [0.1, 0.15) is 23.9 Å². The van der Waals surface area contributed by atoms with Crippen molar-refractivity contribution in [2.75, 3.05) is 6.61 Å². The van der Waals surface area contributed by atoms with E-state index < -0.39 is 17.4 Å². The van der Waals surface area contributed by atoms with Crippen LogP contribution in [0.4, 0.5) is 4.79 Å². The third kappa shape index (κ3) is 7.47. The van der Waals surface area contributed by atoms with Gasteiger partial charge in [0.05, 0.1) is 16.6 Å². The number of halogens is 2. The summed E-state index contributed by atoms with van der Waals surface area (Å²) in [5.41, 5.74) is 4.73. The molecule has 0 radical (unpaired) electrons. The van der Waals surface area contributed by atoms with Crippen molar-refractivity contribution < 1.29 is 19.4 Å². The summed E-state index contributed by atoms with van der Waals surface area (Å²) in [6, 6.07) is 20.0. The summed E-state index contributed by atoms with van der Waals surface area (Å²) in [4.78, 5) is 55.9. The lowest BCUT2D eigenvalue weighted by Gasteiger charge is -2.27. The standard InChI is InChI=1S/C28H24BrN3O4.C13H14BrN3O2/c1-28(11-10-24-31-23-14-17(29)15-30-25(23)26(33)32(24)13-12-28)36-27(34)35-16-22-20-8-4-2-6-18(20)19-7-3-5-9-21(19)22;1-13(19)3-2-10-16-9-6-8(14)7-15-11(9)12(18)17(10)5-4-13/h2-9,14-15,22H,10-13,16H2,1H3;6-7,19H,2-5H2,1H3. The highest BCUT2D eigenvalue weighted by molar-refractivity contribution is 9.10. The van der Waals surface area contributed by atoms with Crippen LogP contribution in [0.2, 0.25) is 0 Å². The Morgan fingerprint density at radius 3 is 1.85 bits per heavy atom. The Morgan fingerprint density at radius 2 is 1.29 bits per heavy atom. The normalized spacial score (nSPS) is 20.2. The zero-order chi connectivity index (χ0) is 38.5. The van der Waals surface area contributed by atoms with Crippen LogP contribution < -0.4 is 11.1 Å². The van der Waals surface area contributed by atoms with E-state index in [1.54, 1.807) is 40.6 Å². The monoisotopic (exact) mass is 868 g/mol. The molecule has 0 bridgehead atoms. The molecule has 6 aromatic rings. The fourth-order valence-electron chi connectivity index (χ4n) is 7.72. The predicted octanol–water partition coefficient (Wildman–Crippen LogP) is 7.26. The molecule has 4 aromatic heterocycles. The molecule has 2 aliphatic heterocycles. The van der Waals surface area contributed by atoms with E-state index >= 15 is 0 Å². The first-order valence-electron chi connectivity index (χ1n) is 18.2. The van der Waals surface area contributed by atoms with Gasteiger partial charge in [0, 0.05) is 59.6 Å². The molecule has 0 fully saturated rings. The minimum Gasteiger partial charge on any atom is -0.433 e. The second-order valence-electron chi connectivity index (χ2n) is 14.8. The van der Waals surface area contributed by atoms with Crippen molar-refractivity contribution in [3.05, 3.63) is 125 Å². The Balaban J connectivity index is 0.000000189. The predicted molar refractivity (Wildman–Crippen MR) is 214 cm³/mol. The van der Waals surface area contributed by atoms with E-state index in [0.717, 1.165) is 25.9 Å². The molecule has 2 unspecified atom stereocenters. The van der Waals surface area contributed by atoms with Gasteiger partial charge in [0.15, 0.2) is 11.0 Å². The number of nitrogens with zero attached hydrogens (tertiary/aromatic N) is 6. The molecule has 0 saturated heterocycles. The Bertz CT molecular complexity index is 2560. The molecule has 1 N–H and O–H groups in total. The van der Waals surface area contributed by atoms with Gasteiger partial charge in [-0.2, -0.15) is 0 Å². The summed E-state index contributed by atoms with van der Waals surface area (Å²) >= 11 is 6.72. The SMILES string of the molecule is CC1(O)CCc2nc3cc(Br)cnc3c(=O)n2CC1.CC1(OC(=O)OCC2c3ccccc3-c3ccccc32)CCc2nc3cc(Br)cnc3c(=O)n2CC1. The first kappa shape index (κ1) is 37.1. The Hall–Kier alpha value is -4.79. The quantitative estimate of drug-likeness (QED) is 0.180. The second-order valence-corrected chi connectivity index (χ2v) is 16.7. The van der Waals surface area contributed by atoms with Crippen molar-refractivity contribution >= 4 is 60.1 Å². The van der Waals surface area contributed by atoms with Crippen molar-refractivity contribution in [2.45, 2.75) is 82.6 Å². The van der Waals surface area contributed by atoms with Crippen LogP contribution in [0.15, 0.2) is 91.6 Å². The van der Waals surface area contributed by atoms with Gasteiger partial charge < -0.3 is 14.6 Å². The molecule has 3 aliphatic rings. The van der Waals surface area contributed by atoms with Gasteiger partial charge in [-0.05, 0) is 99.4 Å². The maximum Gasteiger partial charge on any atom is 0.508 e. The van der Waals surface area contributed by atoms with Gasteiger partial charge in [0.25, 0.3) is 11.1 Å². The van der Waals surface area contributed by atoms with Crippen molar-refractivity contribution in [3.63, 3.8) is 0 Å². The van der Waals surface area contributed by atoms with E-state index in [2.05, 4.69) is 76.1 Å². The third-order valence-corrected chi connectivity index (χ3v) is 11.7. The van der Waals surface area contributed by atoms with Gasteiger partial charge >= 0.3 is 6.16 Å². The number of aryl methyl sites for hydroxylation is 2. The molecule has 12 nitrogen and oxygen atoms in total. The molecule has 14 heteroatoms. The Kier molecular flexibility index (Phi) is 9.93. The minimum atomic E-state index is -0.775. The molecule has 9 rings (SSSR count). The molecule has 1 aliphatic carbocycles. The lowest BCUT2D eigenvalue weighted by Crippen LogP contribution is -2.33. The van der Waals surface area contributed by atoms with E-state index in [4.69, 9.17) is 9.47 Å². The average molecular weight is 871 g/mol. The first-order valence-corrected chi connectivity index (χ1v) is 19.8. The van der Waals surface area contributed by atoms with Crippen molar-refractivity contribution in [1.29, 1.82) is 0 Å². The van der Waals surface area contributed by atoms with Crippen LogP contribution in [0, 0.1) is 0 Å². The van der Waals surface area contributed by atoms with Gasteiger partial charge in [-0.25, -0.2) is 24.7 Å². The molecule has 282 valence electrons. The number of ether oxygens (including phenoxy) is 2. The summed E-state index contributed by atoms with van der Waals surface area (Å²) in [5.74, 6) is 1.38. The first-order chi connectivity index (χ1) is 26.4. The number of aromatic nitrogens is 6. The van der Waals surface area contributed by atoms with Crippen LogP contribution in [0.5, 0.6) is 0 Å². The number of rotatable bonds is 3. The lowest BCUT2D eigenvalue weighted by molar-refractivity contribution is -0.0349. The largest absolute Gasteiger partial charge is 0.508 e. The highest BCUT2D eigenvalue weighted by atomic mass is 79.9. The molecule has 0 amide bonds. The molecule has 2 atom stereocenters. The molecule has 0 saturated carbocycles. The summed E-state index contributed by atoms with van der Waals surface area (Å²) in [6.45, 7) is 4.78. The molecule has 0 spiro atoms. The molecular formula is C41H38Br2N6O6. The topological polar surface area (TPSA) is 151 Å². The van der Waals surface area contributed by atoms with E-state index in [1.165, 1.54) is 11.1 Å². The number of hydrogen-bond donors (Lipinski definition) is 1. The van der Waals surface area contributed by atoms with E-state index in [0.29, 0.717) is 79.5 Å². The average Bonchev–Trinajstić information content (AvgIpc) is 3.25. The maximum atomic E-state index is 13.0. The minimum absolute atomic E-state index is 0.0295. The fourth-order valence-corrected chi connectivity index (χ4v) is 8.36. The van der Waals surface area contributed by atoms with Gasteiger partial charge in [-0.1, -0.05) is 48.5 Å². The lowest BCUT2D eigenvalue weighted by atomic mass is 9.97. The fraction of sp³-hybridized carbons (Fsp3) is 0.341. The summed E-state index contributed by atoms with van der Waals surface area (Å²) in [6.07, 6.45) is 5.81. The highest BCUT2D eigenvalue weighted by Gasteiger charge is 2.35. The van der Waals surface area contributed by atoms with Crippen LogP contribution in [0.3, 0.4) is 0 Å². The number of hydrogen-bond acceptors (Lipinski definition) is 10. The Labute approximate surface area is 332 Å². The smallest absolute Gasteiger partial charge is 0.433 e. The number of pyridine rings is 2. The zero-order valence-corrected chi connectivity index (χ0v) is 33.5. The Morgan fingerprint density at radius 1 is 0.782 bits per heavy atom. The van der Waals surface area contributed by atoms with Gasteiger partial charge in [-0.3, -0.25) is 18.7 Å². The van der Waals surface area contributed by atoms with Gasteiger partial charge in [-0.15, -0.1) is 0 Å². The molecule has 55 heavy (non-hydrogen) atoms. The van der Waals surface area contributed by atoms with Crippen LogP contribution in [-0.4, -0.2) is 58.1 Å². The van der Waals surface area contributed by atoms with Crippen molar-refractivity contribution in [2.24, 2.45) is 0 Å². The van der Waals surface area contributed by atoms with E-state index in [9.17, 15) is 19.5 Å². The van der Waals surface area contributed by atoms with Gasteiger partial charge in [0.2, 0.25) is 0 Å². The molecular weight excluding hydrogens is 832 g/mol. The number of carbonyl (C=O) groups excluding carboxylic acids is 1.